The molecule has 100 valence electrons. The molecule has 4 heteroatoms. The monoisotopic (exact) mass is 313 g/mol. The zero-order valence-corrected chi connectivity index (χ0v) is 12.7. The molecule has 0 saturated carbocycles. The SMILES string of the molecule is CCC(CC)(CO)NC(=O)c1ccc(C)cc1Br. The molecule has 0 saturated heterocycles. The number of nitrogens with one attached hydrogen (secondary N) is 1. The fourth-order valence-corrected chi connectivity index (χ4v) is 2.48. The first-order valence-corrected chi connectivity index (χ1v) is 6.97. The van der Waals surface area contributed by atoms with Crippen molar-refractivity contribution >= 4 is 21.8 Å². The van der Waals surface area contributed by atoms with Crippen molar-refractivity contribution in [3.05, 3.63) is 33.8 Å². The van der Waals surface area contributed by atoms with Gasteiger partial charge in [0.25, 0.3) is 5.91 Å². The van der Waals surface area contributed by atoms with Gasteiger partial charge in [-0.3, -0.25) is 4.79 Å². The predicted octanol–water partition coefficient (Wildman–Crippen LogP) is 3.04. The maximum absolute atomic E-state index is 12.2. The highest BCUT2D eigenvalue weighted by Gasteiger charge is 2.28. The van der Waals surface area contributed by atoms with Crippen molar-refractivity contribution < 1.29 is 9.90 Å². The van der Waals surface area contributed by atoms with Crippen molar-refractivity contribution in [1.82, 2.24) is 5.32 Å². The van der Waals surface area contributed by atoms with Crippen LogP contribution in [0.5, 0.6) is 0 Å². The van der Waals surface area contributed by atoms with Crippen molar-refractivity contribution in [2.24, 2.45) is 0 Å². The lowest BCUT2D eigenvalue weighted by Crippen LogP contribution is -2.50. The Morgan fingerprint density at radius 3 is 2.44 bits per heavy atom. The second-order valence-electron chi connectivity index (χ2n) is 4.58. The summed E-state index contributed by atoms with van der Waals surface area (Å²) >= 11 is 3.40. The first-order valence-electron chi connectivity index (χ1n) is 6.17. The molecule has 0 bridgehead atoms. The first-order chi connectivity index (χ1) is 8.48. The van der Waals surface area contributed by atoms with Crippen molar-refractivity contribution in [1.29, 1.82) is 0 Å². The Morgan fingerprint density at radius 2 is 2.00 bits per heavy atom. The number of aryl methyl sites for hydroxylation is 1. The predicted molar refractivity (Wildman–Crippen MR) is 76.7 cm³/mol. The highest BCUT2D eigenvalue weighted by molar-refractivity contribution is 9.10. The molecule has 1 amide bonds. The fraction of sp³-hybridized carbons (Fsp3) is 0.500. The zero-order chi connectivity index (χ0) is 13.8. The molecular formula is C14H20BrNO2. The van der Waals surface area contributed by atoms with Gasteiger partial charge in [-0.25, -0.2) is 0 Å². The minimum absolute atomic E-state index is 0.0464. The van der Waals surface area contributed by atoms with Gasteiger partial charge < -0.3 is 10.4 Å². The van der Waals surface area contributed by atoms with E-state index in [-0.39, 0.29) is 12.5 Å². The highest BCUT2D eigenvalue weighted by atomic mass is 79.9. The zero-order valence-electron chi connectivity index (χ0n) is 11.1. The fourth-order valence-electron chi connectivity index (χ4n) is 1.80. The van der Waals surface area contributed by atoms with Crippen LogP contribution in [0.4, 0.5) is 0 Å². The van der Waals surface area contributed by atoms with Crippen LogP contribution in [0.3, 0.4) is 0 Å². The smallest absolute Gasteiger partial charge is 0.252 e. The first kappa shape index (κ1) is 15.2. The van der Waals surface area contributed by atoms with Gasteiger partial charge >= 0.3 is 0 Å². The van der Waals surface area contributed by atoms with Crippen molar-refractivity contribution in [3.8, 4) is 0 Å². The van der Waals surface area contributed by atoms with Crippen LogP contribution >= 0.6 is 15.9 Å². The van der Waals surface area contributed by atoms with Crippen molar-refractivity contribution in [3.63, 3.8) is 0 Å². The molecule has 0 aliphatic heterocycles. The molecule has 3 nitrogen and oxygen atoms in total. The van der Waals surface area contributed by atoms with Gasteiger partial charge in [-0.15, -0.1) is 0 Å². The maximum atomic E-state index is 12.2. The van der Waals surface area contributed by atoms with E-state index < -0.39 is 5.54 Å². The third-order valence-corrected chi connectivity index (χ3v) is 4.06. The number of hydrogen-bond donors (Lipinski definition) is 2. The minimum Gasteiger partial charge on any atom is -0.394 e. The largest absolute Gasteiger partial charge is 0.394 e. The number of halogens is 1. The van der Waals surface area contributed by atoms with E-state index in [0.29, 0.717) is 18.4 Å². The number of aliphatic hydroxyl groups excluding tert-OH is 1. The Hall–Kier alpha value is -0.870. The van der Waals surface area contributed by atoms with E-state index in [1.165, 1.54) is 0 Å². The van der Waals surface area contributed by atoms with Crippen LogP contribution in [-0.2, 0) is 0 Å². The van der Waals surface area contributed by atoms with Gasteiger partial charge in [0.05, 0.1) is 17.7 Å². The van der Waals surface area contributed by atoms with Crippen LogP contribution in [0.2, 0.25) is 0 Å². The van der Waals surface area contributed by atoms with Gasteiger partial charge in [-0.1, -0.05) is 19.9 Å². The molecule has 1 aromatic carbocycles. The van der Waals surface area contributed by atoms with E-state index in [4.69, 9.17) is 0 Å². The number of carbonyl (C=O) groups is 1. The molecule has 0 aliphatic carbocycles. The molecule has 2 N–H and O–H groups in total. The number of amides is 1. The van der Waals surface area contributed by atoms with E-state index >= 15 is 0 Å². The molecule has 1 aromatic rings. The number of benzene rings is 1. The Kier molecular flexibility index (Phi) is 5.35. The van der Waals surface area contributed by atoms with E-state index in [1.54, 1.807) is 6.07 Å². The topological polar surface area (TPSA) is 49.3 Å². The molecule has 0 atom stereocenters. The molecule has 0 heterocycles. The van der Waals surface area contributed by atoms with Gasteiger partial charge in [0.2, 0.25) is 0 Å². The summed E-state index contributed by atoms with van der Waals surface area (Å²) in [5, 5.41) is 12.4. The third-order valence-electron chi connectivity index (χ3n) is 3.40. The summed E-state index contributed by atoms with van der Waals surface area (Å²) in [6.45, 7) is 5.85. The van der Waals surface area contributed by atoms with E-state index in [2.05, 4.69) is 21.2 Å². The second-order valence-corrected chi connectivity index (χ2v) is 5.44. The Morgan fingerprint density at radius 1 is 1.39 bits per heavy atom. The molecule has 1 rings (SSSR count). The summed E-state index contributed by atoms with van der Waals surface area (Å²) in [6.07, 6.45) is 1.41. The Bertz CT molecular complexity index is 420. The summed E-state index contributed by atoms with van der Waals surface area (Å²) in [5.74, 6) is -0.153. The van der Waals surface area contributed by atoms with Crippen LogP contribution in [0.1, 0.15) is 42.6 Å². The summed E-state index contributed by atoms with van der Waals surface area (Å²) in [5.41, 5.74) is 1.17. The average Bonchev–Trinajstić information content (AvgIpc) is 2.36. The lowest BCUT2D eigenvalue weighted by molar-refractivity contribution is 0.0817. The molecule has 0 aliphatic rings. The van der Waals surface area contributed by atoms with Gasteiger partial charge in [0.1, 0.15) is 0 Å². The lowest BCUT2D eigenvalue weighted by atomic mass is 9.93. The second kappa shape index (κ2) is 6.34. The molecule has 0 fully saturated rings. The normalized spacial score (nSPS) is 11.4. The summed E-state index contributed by atoms with van der Waals surface area (Å²) in [6, 6.07) is 5.60. The van der Waals surface area contributed by atoms with Gasteiger partial charge in [0, 0.05) is 4.47 Å². The summed E-state index contributed by atoms with van der Waals surface area (Å²) < 4.78 is 0.777. The van der Waals surface area contributed by atoms with Gasteiger partial charge in [0.15, 0.2) is 0 Å². The lowest BCUT2D eigenvalue weighted by Gasteiger charge is -2.30. The van der Waals surface area contributed by atoms with Crippen molar-refractivity contribution in [2.75, 3.05) is 6.61 Å². The third kappa shape index (κ3) is 3.33. The van der Waals surface area contributed by atoms with Gasteiger partial charge in [-0.2, -0.15) is 0 Å². The van der Waals surface area contributed by atoms with Crippen LogP contribution in [0.25, 0.3) is 0 Å². The quantitative estimate of drug-likeness (QED) is 0.877. The Labute approximate surface area is 117 Å². The van der Waals surface area contributed by atoms with Crippen molar-refractivity contribution in [2.45, 2.75) is 39.2 Å². The number of hydrogen-bond acceptors (Lipinski definition) is 2. The minimum atomic E-state index is -0.526. The number of aliphatic hydroxyl groups is 1. The number of rotatable bonds is 5. The van der Waals surface area contributed by atoms with Crippen LogP contribution in [-0.4, -0.2) is 23.2 Å². The van der Waals surface area contributed by atoms with E-state index in [1.807, 2.05) is 32.9 Å². The van der Waals surface area contributed by atoms with Crippen LogP contribution in [0, 0.1) is 6.92 Å². The average molecular weight is 314 g/mol. The van der Waals surface area contributed by atoms with Gasteiger partial charge in [-0.05, 0) is 53.4 Å². The molecule has 0 radical (unpaired) electrons. The van der Waals surface area contributed by atoms with Crippen LogP contribution in [0.15, 0.2) is 22.7 Å². The Balaban J connectivity index is 2.94. The molecule has 0 unspecified atom stereocenters. The molecular weight excluding hydrogens is 294 g/mol. The van der Waals surface area contributed by atoms with E-state index in [9.17, 15) is 9.90 Å². The molecule has 0 spiro atoms. The standard InChI is InChI=1S/C14H20BrNO2/c1-4-14(5-2,9-17)16-13(18)11-7-6-10(3)8-12(11)15/h6-8,17H,4-5,9H2,1-3H3,(H,16,18). The van der Waals surface area contributed by atoms with E-state index in [0.717, 1.165) is 10.0 Å². The summed E-state index contributed by atoms with van der Waals surface area (Å²) in [7, 11) is 0. The maximum Gasteiger partial charge on any atom is 0.252 e. The van der Waals surface area contributed by atoms with Crippen LogP contribution < -0.4 is 5.32 Å². The summed E-state index contributed by atoms with van der Waals surface area (Å²) in [4.78, 5) is 12.2. The molecule has 0 aromatic heterocycles. The number of carbonyl (C=O) groups excluding carboxylic acids is 1. The molecule has 18 heavy (non-hydrogen) atoms. The highest BCUT2D eigenvalue weighted by Crippen LogP contribution is 2.21.